The maximum Gasteiger partial charge on any atom is 0.228 e. The fraction of sp³-hybridized carbons (Fsp3) is 0.391. The molecule has 2 fully saturated rings. The van der Waals surface area contributed by atoms with Gasteiger partial charge in [-0.3, -0.25) is 9.59 Å². The van der Waals surface area contributed by atoms with E-state index in [1.54, 1.807) is 17.0 Å². The van der Waals surface area contributed by atoms with Gasteiger partial charge in [0.25, 0.3) is 0 Å². The van der Waals surface area contributed by atoms with E-state index in [4.69, 9.17) is 0 Å². The number of carbonyl (C=O) groups is 2. The third kappa shape index (κ3) is 3.97. The zero-order valence-corrected chi connectivity index (χ0v) is 16.9. The number of halogens is 1. The largest absolute Gasteiger partial charge is 0.368 e. The van der Waals surface area contributed by atoms with Gasteiger partial charge in [0, 0.05) is 50.5 Å². The van der Waals surface area contributed by atoms with Crippen LogP contribution in [0.3, 0.4) is 0 Å². The van der Waals surface area contributed by atoms with Crippen molar-refractivity contribution in [3.8, 4) is 0 Å². The highest BCUT2D eigenvalue weighted by Crippen LogP contribution is 2.30. The quantitative estimate of drug-likeness (QED) is 0.802. The van der Waals surface area contributed by atoms with Crippen LogP contribution in [-0.2, 0) is 9.59 Å². The first-order valence-corrected chi connectivity index (χ1v) is 10.1. The molecule has 0 aliphatic carbocycles. The molecule has 1 unspecified atom stereocenters. The molecule has 152 valence electrons. The van der Waals surface area contributed by atoms with Crippen LogP contribution in [0, 0.1) is 25.6 Å². The minimum atomic E-state index is -0.291. The van der Waals surface area contributed by atoms with Gasteiger partial charge in [0.2, 0.25) is 11.8 Å². The molecular formula is C23H26FN3O2. The number of benzene rings is 2. The van der Waals surface area contributed by atoms with Crippen molar-refractivity contribution < 1.29 is 14.0 Å². The molecule has 2 aromatic carbocycles. The summed E-state index contributed by atoms with van der Waals surface area (Å²) in [4.78, 5) is 31.4. The van der Waals surface area contributed by atoms with Crippen LogP contribution in [-0.4, -0.2) is 49.4 Å². The van der Waals surface area contributed by atoms with E-state index < -0.39 is 0 Å². The molecule has 0 radical (unpaired) electrons. The van der Waals surface area contributed by atoms with E-state index in [2.05, 4.69) is 11.0 Å². The summed E-state index contributed by atoms with van der Waals surface area (Å²) in [5.41, 5.74) is 4.08. The van der Waals surface area contributed by atoms with Crippen LogP contribution in [0.25, 0.3) is 0 Å². The topological polar surface area (TPSA) is 43.9 Å². The highest BCUT2D eigenvalue weighted by atomic mass is 19.1. The monoisotopic (exact) mass is 395 g/mol. The Bertz CT molecular complexity index is 920. The predicted octanol–water partition coefficient (Wildman–Crippen LogP) is 3.14. The number of rotatable bonds is 3. The van der Waals surface area contributed by atoms with Crippen molar-refractivity contribution in [3.63, 3.8) is 0 Å². The van der Waals surface area contributed by atoms with Crippen molar-refractivity contribution in [2.75, 3.05) is 42.5 Å². The number of hydrogen-bond acceptors (Lipinski definition) is 3. The summed E-state index contributed by atoms with van der Waals surface area (Å²) in [6.45, 7) is 7.12. The second-order valence-corrected chi connectivity index (χ2v) is 7.98. The molecule has 6 heteroatoms. The smallest absolute Gasteiger partial charge is 0.228 e. The number of aryl methyl sites for hydroxylation is 2. The highest BCUT2D eigenvalue weighted by molar-refractivity contribution is 6.00. The minimum absolute atomic E-state index is 0.0141. The Morgan fingerprint density at radius 1 is 1.00 bits per heavy atom. The lowest BCUT2D eigenvalue weighted by molar-refractivity contribution is -0.136. The van der Waals surface area contributed by atoms with E-state index in [9.17, 15) is 14.0 Å². The minimum Gasteiger partial charge on any atom is -0.368 e. The SMILES string of the molecule is Cc1ccc(N2CC(C(=O)N3CCN(c4ccc(F)cc4)CC3)CC2=O)c(C)c1. The normalized spacial score (nSPS) is 19.8. The Balaban J connectivity index is 1.38. The van der Waals surface area contributed by atoms with Crippen molar-refractivity contribution in [2.45, 2.75) is 20.3 Å². The molecule has 0 aromatic heterocycles. The van der Waals surface area contributed by atoms with E-state index >= 15 is 0 Å². The number of nitrogens with zero attached hydrogens (tertiary/aromatic N) is 3. The van der Waals surface area contributed by atoms with Crippen LogP contribution >= 0.6 is 0 Å². The summed E-state index contributed by atoms with van der Waals surface area (Å²) in [7, 11) is 0. The predicted molar refractivity (Wildman–Crippen MR) is 112 cm³/mol. The van der Waals surface area contributed by atoms with Crippen LogP contribution in [0.5, 0.6) is 0 Å². The summed E-state index contributed by atoms with van der Waals surface area (Å²) >= 11 is 0. The lowest BCUT2D eigenvalue weighted by Crippen LogP contribution is -2.50. The molecule has 29 heavy (non-hydrogen) atoms. The molecular weight excluding hydrogens is 369 g/mol. The van der Waals surface area contributed by atoms with Crippen molar-refractivity contribution in [2.24, 2.45) is 5.92 Å². The summed E-state index contributed by atoms with van der Waals surface area (Å²) in [6.07, 6.45) is 0.268. The van der Waals surface area contributed by atoms with Crippen molar-refractivity contribution in [3.05, 3.63) is 59.4 Å². The Hall–Kier alpha value is -2.89. The first-order valence-electron chi connectivity index (χ1n) is 10.1. The lowest BCUT2D eigenvalue weighted by atomic mass is 10.1. The van der Waals surface area contributed by atoms with Gasteiger partial charge in [0.15, 0.2) is 0 Å². The van der Waals surface area contributed by atoms with E-state index in [1.165, 1.54) is 12.1 Å². The van der Waals surface area contributed by atoms with Gasteiger partial charge in [-0.2, -0.15) is 0 Å². The van der Waals surface area contributed by atoms with Crippen molar-refractivity contribution in [1.82, 2.24) is 4.90 Å². The third-order valence-corrected chi connectivity index (χ3v) is 5.90. The van der Waals surface area contributed by atoms with Crippen molar-refractivity contribution >= 4 is 23.2 Å². The number of piperazine rings is 1. The van der Waals surface area contributed by atoms with E-state index in [-0.39, 0.29) is 30.0 Å². The highest BCUT2D eigenvalue weighted by Gasteiger charge is 2.38. The Morgan fingerprint density at radius 3 is 2.34 bits per heavy atom. The molecule has 2 amide bonds. The Kier molecular flexibility index (Phi) is 5.26. The first-order chi connectivity index (χ1) is 13.9. The fourth-order valence-electron chi connectivity index (χ4n) is 4.31. The van der Waals surface area contributed by atoms with Gasteiger partial charge < -0.3 is 14.7 Å². The maximum atomic E-state index is 13.1. The van der Waals surface area contributed by atoms with Gasteiger partial charge >= 0.3 is 0 Å². The zero-order valence-electron chi connectivity index (χ0n) is 16.9. The molecule has 2 aliphatic rings. The zero-order chi connectivity index (χ0) is 20.5. The van der Waals surface area contributed by atoms with Gasteiger partial charge in [0.05, 0.1) is 5.92 Å². The van der Waals surface area contributed by atoms with Crippen LogP contribution < -0.4 is 9.80 Å². The summed E-state index contributed by atoms with van der Waals surface area (Å²) in [6, 6.07) is 12.5. The average molecular weight is 395 g/mol. The molecule has 0 spiro atoms. The average Bonchev–Trinajstić information content (AvgIpc) is 3.09. The second-order valence-electron chi connectivity index (χ2n) is 7.98. The third-order valence-electron chi connectivity index (χ3n) is 5.90. The molecule has 0 saturated carbocycles. The number of amides is 2. The van der Waals surface area contributed by atoms with Crippen LogP contribution in [0.4, 0.5) is 15.8 Å². The van der Waals surface area contributed by atoms with E-state index in [1.807, 2.05) is 30.9 Å². The standard InChI is InChI=1S/C23H26FN3O2/c1-16-3-8-21(17(2)13-16)27-15-18(14-22(27)28)23(29)26-11-9-25(10-12-26)20-6-4-19(24)5-7-20/h3-8,13,18H,9-12,14-15H2,1-2H3. The number of hydrogen-bond donors (Lipinski definition) is 0. The Labute approximate surface area is 170 Å². The van der Waals surface area contributed by atoms with Gasteiger partial charge in [0.1, 0.15) is 5.82 Å². The van der Waals surface area contributed by atoms with Crippen LogP contribution in [0.1, 0.15) is 17.5 Å². The van der Waals surface area contributed by atoms with Gasteiger partial charge in [-0.25, -0.2) is 4.39 Å². The summed E-state index contributed by atoms with van der Waals surface area (Å²) in [5, 5.41) is 0. The summed E-state index contributed by atoms with van der Waals surface area (Å²) < 4.78 is 13.1. The Morgan fingerprint density at radius 2 is 1.69 bits per heavy atom. The molecule has 2 heterocycles. The number of carbonyl (C=O) groups excluding carboxylic acids is 2. The maximum absolute atomic E-state index is 13.1. The van der Waals surface area contributed by atoms with Crippen LogP contribution in [0.15, 0.2) is 42.5 Å². The molecule has 5 nitrogen and oxygen atoms in total. The molecule has 0 N–H and O–H groups in total. The van der Waals surface area contributed by atoms with Crippen LogP contribution in [0.2, 0.25) is 0 Å². The van der Waals surface area contributed by atoms with Gasteiger partial charge in [-0.05, 0) is 49.7 Å². The van der Waals surface area contributed by atoms with Crippen molar-refractivity contribution in [1.29, 1.82) is 0 Å². The molecule has 4 rings (SSSR count). The van der Waals surface area contributed by atoms with Gasteiger partial charge in [-0.15, -0.1) is 0 Å². The van der Waals surface area contributed by atoms with E-state index in [0.717, 1.165) is 22.5 Å². The fourth-order valence-corrected chi connectivity index (χ4v) is 4.31. The number of anilines is 2. The molecule has 2 aromatic rings. The molecule has 2 saturated heterocycles. The molecule has 0 bridgehead atoms. The van der Waals surface area contributed by atoms with Gasteiger partial charge in [-0.1, -0.05) is 17.7 Å². The first kappa shape index (κ1) is 19.4. The summed E-state index contributed by atoms with van der Waals surface area (Å²) in [5.74, 6) is -0.466. The van der Waals surface area contributed by atoms with E-state index in [0.29, 0.717) is 32.7 Å². The lowest BCUT2D eigenvalue weighted by Gasteiger charge is -2.37. The molecule has 1 atom stereocenters. The second kappa shape index (κ2) is 7.85. The molecule has 2 aliphatic heterocycles.